The Balaban J connectivity index is 2.18. The van der Waals surface area contributed by atoms with Gasteiger partial charge in [0.1, 0.15) is 5.54 Å². The van der Waals surface area contributed by atoms with Gasteiger partial charge in [0.05, 0.1) is 0 Å². The molecule has 1 saturated heterocycles. The van der Waals surface area contributed by atoms with Gasteiger partial charge in [-0.05, 0) is 37.3 Å². The maximum Gasteiger partial charge on any atom is 0.308 e. The summed E-state index contributed by atoms with van der Waals surface area (Å²) in [4.78, 5) is 3.91. The van der Waals surface area contributed by atoms with E-state index in [2.05, 4.69) is 10.3 Å². The number of nitrogens with one attached hydrogen (secondary N) is 1. The maximum atomic E-state index is 14.6. The molecule has 3 rings (SSSR count). The molecule has 1 fully saturated rings. The highest BCUT2D eigenvalue weighted by Crippen LogP contribution is 2.47. The van der Waals surface area contributed by atoms with E-state index in [-0.39, 0.29) is 6.02 Å². The number of alkyl halides is 2. The second-order valence-corrected chi connectivity index (χ2v) is 5.57. The highest BCUT2D eigenvalue weighted by atomic mass is 19.3. The molecule has 1 heterocycles. The zero-order chi connectivity index (χ0) is 14.4. The number of hydrogen-bond donors (Lipinski definition) is 1. The monoisotopic (exact) mass is 280 g/mol. The van der Waals surface area contributed by atoms with Gasteiger partial charge in [-0.25, -0.2) is 4.99 Å². The van der Waals surface area contributed by atoms with Crippen molar-refractivity contribution in [3.63, 3.8) is 0 Å². The highest BCUT2D eigenvalue weighted by Gasteiger charge is 2.60. The first-order valence-electron chi connectivity index (χ1n) is 6.84. The minimum Gasteiger partial charge on any atom is -0.459 e. The van der Waals surface area contributed by atoms with Crippen LogP contribution in [0, 0.1) is 6.92 Å². The van der Waals surface area contributed by atoms with Crippen molar-refractivity contribution in [2.75, 3.05) is 13.7 Å². The third kappa shape index (κ3) is 1.79. The largest absolute Gasteiger partial charge is 0.459 e. The van der Waals surface area contributed by atoms with Crippen LogP contribution in [0.3, 0.4) is 0 Å². The number of fused-ring (bicyclic) bond motifs is 2. The highest BCUT2D eigenvalue weighted by molar-refractivity contribution is 5.76. The standard InChI is InChI=1S/C15H18F2N2O/c1-10-5-6-11-4-3-7-14(12(11)8-10)15(16,17)9-20-13(18-2)19-14/h5-6,8H,3-4,7,9H2,1-2H3,(H,18,19)/t14-/m1/s1. The van der Waals surface area contributed by atoms with Crippen molar-refractivity contribution < 1.29 is 13.5 Å². The van der Waals surface area contributed by atoms with Crippen molar-refractivity contribution in [1.29, 1.82) is 0 Å². The fourth-order valence-corrected chi connectivity index (χ4v) is 3.21. The minimum absolute atomic E-state index is 0.199. The maximum absolute atomic E-state index is 14.6. The molecular weight excluding hydrogens is 262 g/mol. The molecule has 1 aliphatic carbocycles. The summed E-state index contributed by atoms with van der Waals surface area (Å²) in [5.41, 5.74) is 1.29. The topological polar surface area (TPSA) is 33.6 Å². The number of nitrogens with zero attached hydrogens (tertiary/aromatic N) is 1. The predicted octanol–water partition coefficient (Wildman–Crippen LogP) is 2.77. The molecule has 0 radical (unpaired) electrons. The Labute approximate surface area is 117 Å². The van der Waals surface area contributed by atoms with Gasteiger partial charge in [-0.2, -0.15) is 8.78 Å². The number of rotatable bonds is 0. The average Bonchev–Trinajstić information content (AvgIpc) is 2.42. The van der Waals surface area contributed by atoms with Crippen LogP contribution in [0.4, 0.5) is 8.78 Å². The first-order valence-corrected chi connectivity index (χ1v) is 6.84. The molecular formula is C15H18F2N2O. The van der Waals surface area contributed by atoms with E-state index in [1.807, 2.05) is 25.1 Å². The van der Waals surface area contributed by atoms with Crippen molar-refractivity contribution in [2.24, 2.45) is 4.99 Å². The first-order chi connectivity index (χ1) is 9.48. The Kier molecular flexibility index (Phi) is 2.96. The molecule has 20 heavy (non-hydrogen) atoms. The lowest BCUT2D eigenvalue weighted by Gasteiger charge is -2.48. The summed E-state index contributed by atoms with van der Waals surface area (Å²) >= 11 is 0. The molecule has 5 heteroatoms. The zero-order valence-electron chi connectivity index (χ0n) is 11.7. The Morgan fingerprint density at radius 2 is 2.15 bits per heavy atom. The molecule has 0 bridgehead atoms. The van der Waals surface area contributed by atoms with Crippen LogP contribution in [0.25, 0.3) is 0 Å². The van der Waals surface area contributed by atoms with Crippen molar-refractivity contribution in [2.45, 2.75) is 37.6 Å². The van der Waals surface area contributed by atoms with Crippen LogP contribution in [0.1, 0.15) is 29.5 Å². The van der Waals surface area contributed by atoms with E-state index in [0.717, 1.165) is 24.0 Å². The summed E-state index contributed by atoms with van der Waals surface area (Å²) in [5, 5.41) is 2.87. The van der Waals surface area contributed by atoms with Crippen LogP contribution in [0.15, 0.2) is 23.2 Å². The number of hydrogen-bond acceptors (Lipinski definition) is 2. The van der Waals surface area contributed by atoms with Crippen molar-refractivity contribution in [1.82, 2.24) is 5.32 Å². The molecule has 1 aromatic carbocycles. The molecule has 3 nitrogen and oxygen atoms in total. The van der Waals surface area contributed by atoms with E-state index in [0.29, 0.717) is 12.0 Å². The van der Waals surface area contributed by atoms with Crippen LogP contribution in [-0.4, -0.2) is 25.6 Å². The number of aliphatic imine (C=N–C) groups is 1. The zero-order valence-corrected chi connectivity index (χ0v) is 11.7. The van der Waals surface area contributed by atoms with E-state index in [1.54, 1.807) is 7.05 Å². The number of amidine groups is 1. The van der Waals surface area contributed by atoms with Crippen LogP contribution in [0.5, 0.6) is 0 Å². The molecule has 0 aromatic heterocycles. The van der Waals surface area contributed by atoms with E-state index in [9.17, 15) is 8.78 Å². The Morgan fingerprint density at radius 1 is 1.35 bits per heavy atom. The third-order valence-corrected chi connectivity index (χ3v) is 4.26. The smallest absolute Gasteiger partial charge is 0.308 e. The molecule has 0 amide bonds. The predicted molar refractivity (Wildman–Crippen MR) is 73.2 cm³/mol. The molecule has 1 N–H and O–H groups in total. The van der Waals surface area contributed by atoms with Gasteiger partial charge in [0.15, 0.2) is 6.61 Å². The molecule has 2 aliphatic rings. The van der Waals surface area contributed by atoms with Gasteiger partial charge in [0.2, 0.25) is 0 Å². The van der Waals surface area contributed by atoms with E-state index >= 15 is 0 Å². The van der Waals surface area contributed by atoms with Gasteiger partial charge in [-0.15, -0.1) is 0 Å². The molecule has 0 saturated carbocycles. The van der Waals surface area contributed by atoms with Crippen LogP contribution < -0.4 is 5.32 Å². The number of benzene rings is 1. The molecule has 108 valence electrons. The summed E-state index contributed by atoms with van der Waals surface area (Å²) in [6.07, 6.45) is 1.96. The lowest BCUT2D eigenvalue weighted by Crippen LogP contribution is -2.65. The Morgan fingerprint density at radius 3 is 2.90 bits per heavy atom. The molecule has 1 spiro atoms. The van der Waals surface area contributed by atoms with Crippen LogP contribution in [0.2, 0.25) is 0 Å². The van der Waals surface area contributed by atoms with Gasteiger partial charge >= 0.3 is 5.92 Å². The second kappa shape index (κ2) is 4.43. The fourth-order valence-electron chi connectivity index (χ4n) is 3.21. The SMILES string of the molecule is CN=C1N[C@@]2(CCCc3ccc(C)cc32)C(F)(F)CO1. The quantitative estimate of drug-likeness (QED) is 0.793. The normalized spacial score (nSPS) is 29.7. The lowest BCUT2D eigenvalue weighted by atomic mass is 9.72. The number of aryl methyl sites for hydroxylation is 2. The summed E-state index contributed by atoms with van der Waals surface area (Å²) in [5.74, 6) is -2.95. The van der Waals surface area contributed by atoms with Gasteiger partial charge in [-0.1, -0.05) is 23.8 Å². The second-order valence-electron chi connectivity index (χ2n) is 5.57. The third-order valence-electron chi connectivity index (χ3n) is 4.26. The number of halogens is 2. The first kappa shape index (κ1) is 13.3. The lowest BCUT2D eigenvalue weighted by molar-refractivity contribution is -0.144. The molecule has 1 aliphatic heterocycles. The van der Waals surface area contributed by atoms with E-state index in [1.165, 1.54) is 0 Å². The minimum atomic E-state index is -2.95. The summed E-state index contributed by atoms with van der Waals surface area (Å²) < 4.78 is 34.2. The average molecular weight is 280 g/mol. The molecule has 1 atom stereocenters. The fraction of sp³-hybridized carbons (Fsp3) is 0.533. The van der Waals surface area contributed by atoms with Gasteiger partial charge < -0.3 is 10.1 Å². The summed E-state index contributed by atoms with van der Waals surface area (Å²) in [6.45, 7) is 1.30. The number of ether oxygens (including phenoxy) is 1. The van der Waals surface area contributed by atoms with Crippen molar-refractivity contribution in [3.8, 4) is 0 Å². The summed E-state index contributed by atoms with van der Waals surface area (Å²) in [7, 11) is 1.54. The molecule has 1 aromatic rings. The van der Waals surface area contributed by atoms with Gasteiger partial charge in [-0.3, -0.25) is 0 Å². The summed E-state index contributed by atoms with van der Waals surface area (Å²) in [6, 6.07) is 6.00. The van der Waals surface area contributed by atoms with Crippen molar-refractivity contribution >= 4 is 6.02 Å². The Bertz CT molecular complexity index is 571. The van der Waals surface area contributed by atoms with Crippen LogP contribution >= 0.6 is 0 Å². The van der Waals surface area contributed by atoms with E-state index < -0.39 is 18.1 Å². The molecule has 0 unspecified atom stereocenters. The van der Waals surface area contributed by atoms with Gasteiger partial charge in [0.25, 0.3) is 6.02 Å². The van der Waals surface area contributed by atoms with E-state index in [4.69, 9.17) is 4.74 Å². The van der Waals surface area contributed by atoms with Crippen molar-refractivity contribution in [3.05, 3.63) is 34.9 Å². The van der Waals surface area contributed by atoms with Gasteiger partial charge in [0, 0.05) is 7.05 Å². The van der Waals surface area contributed by atoms with Crippen LogP contribution in [-0.2, 0) is 16.7 Å². The Hall–Kier alpha value is -1.65.